The van der Waals surface area contributed by atoms with Gasteiger partial charge < -0.3 is 9.84 Å². The molecule has 1 fully saturated rings. The Labute approximate surface area is 128 Å². The van der Waals surface area contributed by atoms with Crippen LogP contribution in [0.15, 0.2) is 18.2 Å². The van der Waals surface area contributed by atoms with E-state index in [-0.39, 0.29) is 6.10 Å². The first-order valence-corrected chi connectivity index (χ1v) is 8.05. The number of ether oxygens (including phenoxy) is 1. The lowest BCUT2D eigenvalue weighted by Gasteiger charge is -2.26. The molecule has 1 aromatic rings. The fraction of sp³-hybridized carbons (Fsp3) is 0.667. The van der Waals surface area contributed by atoms with Gasteiger partial charge >= 0.3 is 0 Å². The zero-order valence-corrected chi connectivity index (χ0v) is 13.8. The van der Waals surface area contributed by atoms with Gasteiger partial charge in [-0.05, 0) is 51.7 Å². The predicted molar refractivity (Wildman–Crippen MR) is 86.4 cm³/mol. The van der Waals surface area contributed by atoms with Gasteiger partial charge in [0.05, 0.1) is 18.8 Å². The molecule has 0 bridgehead atoms. The summed E-state index contributed by atoms with van der Waals surface area (Å²) < 4.78 is 5.52. The smallest absolute Gasteiger partial charge is 0.0900 e. The molecular formula is C18H29NO2. The third kappa shape index (κ3) is 5.42. The maximum Gasteiger partial charge on any atom is 0.0900 e. The van der Waals surface area contributed by atoms with Gasteiger partial charge in [-0.1, -0.05) is 23.8 Å². The molecule has 1 saturated carbocycles. The molecule has 0 saturated heterocycles. The number of hydrogen-bond acceptors (Lipinski definition) is 3. The van der Waals surface area contributed by atoms with Crippen LogP contribution in [0.1, 0.15) is 43.4 Å². The van der Waals surface area contributed by atoms with Crippen LogP contribution in [0.5, 0.6) is 0 Å². The quantitative estimate of drug-likeness (QED) is 0.799. The number of aliphatic hydroxyl groups is 1. The minimum absolute atomic E-state index is 0.174. The third-order valence-corrected chi connectivity index (χ3v) is 4.00. The maximum absolute atomic E-state index is 10.2. The molecular weight excluding hydrogens is 262 g/mol. The van der Waals surface area contributed by atoms with E-state index in [1.165, 1.54) is 29.5 Å². The van der Waals surface area contributed by atoms with Crippen LogP contribution in [-0.4, -0.2) is 41.4 Å². The lowest BCUT2D eigenvalue weighted by atomic mass is 10.1. The Hall–Kier alpha value is -0.900. The van der Waals surface area contributed by atoms with E-state index in [2.05, 4.69) is 36.9 Å². The summed E-state index contributed by atoms with van der Waals surface area (Å²) in [4.78, 5) is 2.41. The summed E-state index contributed by atoms with van der Waals surface area (Å²) in [5.41, 5.74) is 4.01. The van der Waals surface area contributed by atoms with Crippen LogP contribution < -0.4 is 0 Å². The highest BCUT2D eigenvalue weighted by Gasteiger charge is 2.30. The topological polar surface area (TPSA) is 32.7 Å². The van der Waals surface area contributed by atoms with E-state index in [9.17, 15) is 5.11 Å². The molecule has 1 aliphatic carbocycles. The fourth-order valence-corrected chi connectivity index (χ4v) is 2.65. The molecule has 1 atom stereocenters. The van der Waals surface area contributed by atoms with Gasteiger partial charge in [0.2, 0.25) is 0 Å². The summed E-state index contributed by atoms with van der Waals surface area (Å²) in [6, 6.07) is 7.26. The van der Waals surface area contributed by atoms with Crippen LogP contribution in [-0.2, 0) is 11.3 Å². The van der Waals surface area contributed by atoms with E-state index in [0.717, 1.165) is 6.54 Å². The van der Waals surface area contributed by atoms with Gasteiger partial charge in [-0.15, -0.1) is 0 Å². The number of benzene rings is 1. The highest BCUT2D eigenvalue weighted by atomic mass is 16.5. The third-order valence-electron chi connectivity index (χ3n) is 4.00. The lowest BCUT2D eigenvalue weighted by molar-refractivity contribution is -0.0107. The predicted octanol–water partition coefficient (Wildman–Crippen LogP) is 3.05. The summed E-state index contributed by atoms with van der Waals surface area (Å²) in [5, 5.41) is 10.2. The lowest BCUT2D eigenvalue weighted by Crippen LogP contribution is -2.36. The largest absolute Gasteiger partial charge is 0.389 e. The van der Waals surface area contributed by atoms with Crippen molar-refractivity contribution in [2.75, 3.05) is 13.2 Å². The van der Waals surface area contributed by atoms with Crippen molar-refractivity contribution < 1.29 is 9.84 Å². The zero-order valence-electron chi connectivity index (χ0n) is 13.8. The highest BCUT2D eigenvalue weighted by molar-refractivity contribution is 5.30. The molecule has 1 unspecified atom stereocenters. The summed E-state index contributed by atoms with van der Waals surface area (Å²) >= 11 is 0. The van der Waals surface area contributed by atoms with Crippen molar-refractivity contribution in [1.29, 1.82) is 0 Å². The van der Waals surface area contributed by atoms with Gasteiger partial charge in [0.1, 0.15) is 0 Å². The normalized spacial score (nSPS) is 16.7. The molecule has 3 nitrogen and oxygen atoms in total. The molecule has 118 valence electrons. The van der Waals surface area contributed by atoms with Crippen LogP contribution >= 0.6 is 0 Å². The summed E-state index contributed by atoms with van der Waals surface area (Å²) in [5.74, 6) is 0. The minimum Gasteiger partial charge on any atom is -0.389 e. The molecule has 2 rings (SSSR count). The molecule has 0 amide bonds. The van der Waals surface area contributed by atoms with Crippen molar-refractivity contribution in [3.8, 4) is 0 Å². The van der Waals surface area contributed by atoms with E-state index in [0.29, 0.717) is 19.2 Å². The van der Waals surface area contributed by atoms with Crippen molar-refractivity contribution >= 4 is 0 Å². The molecule has 21 heavy (non-hydrogen) atoms. The molecule has 1 aromatic carbocycles. The zero-order chi connectivity index (χ0) is 15.4. The van der Waals surface area contributed by atoms with Crippen LogP contribution in [0.3, 0.4) is 0 Å². The Balaban J connectivity index is 1.93. The Morgan fingerprint density at radius 1 is 1.29 bits per heavy atom. The van der Waals surface area contributed by atoms with Crippen molar-refractivity contribution in [2.24, 2.45) is 0 Å². The number of nitrogens with zero attached hydrogens (tertiary/aromatic N) is 1. The van der Waals surface area contributed by atoms with Crippen molar-refractivity contribution in [3.05, 3.63) is 34.9 Å². The molecule has 1 N–H and O–H groups in total. The number of aryl methyl sites for hydroxylation is 2. The van der Waals surface area contributed by atoms with Crippen LogP contribution in [0.4, 0.5) is 0 Å². The number of hydrogen-bond donors (Lipinski definition) is 1. The van der Waals surface area contributed by atoms with Gasteiger partial charge in [0.25, 0.3) is 0 Å². The first-order valence-electron chi connectivity index (χ1n) is 8.05. The van der Waals surface area contributed by atoms with Gasteiger partial charge in [-0.2, -0.15) is 0 Å². The Morgan fingerprint density at radius 2 is 2.00 bits per heavy atom. The number of rotatable bonds is 8. The Bertz CT molecular complexity index is 455. The van der Waals surface area contributed by atoms with Crippen molar-refractivity contribution in [2.45, 2.75) is 65.3 Å². The average Bonchev–Trinajstić information content (AvgIpc) is 3.23. The summed E-state index contributed by atoms with van der Waals surface area (Å²) in [6.45, 7) is 10.4. The number of aliphatic hydroxyl groups excluding tert-OH is 1. The fourth-order valence-electron chi connectivity index (χ4n) is 2.65. The second kappa shape index (κ2) is 7.39. The van der Waals surface area contributed by atoms with Crippen molar-refractivity contribution in [1.82, 2.24) is 4.90 Å². The van der Waals surface area contributed by atoms with E-state index in [1.807, 2.05) is 13.8 Å². The Kier molecular flexibility index (Phi) is 5.80. The van der Waals surface area contributed by atoms with E-state index >= 15 is 0 Å². The molecule has 0 heterocycles. The SMILES string of the molecule is Cc1ccc(CN(CC(O)COC(C)C)C2CC2)c(C)c1. The van der Waals surface area contributed by atoms with Crippen LogP contribution in [0.2, 0.25) is 0 Å². The first kappa shape index (κ1) is 16.5. The van der Waals surface area contributed by atoms with Gasteiger partial charge in [0.15, 0.2) is 0 Å². The second-order valence-corrected chi connectivity index (χ2v) is 6.63. The molecule has 0 aromatic heterocycles. The van der Waals surface area contributed by atoms with Gasteiger partial charge in [-0.25, -0.2) is 0 Å². The highest BCUT2D eigenvalue weighted by Crippen LogP contribution is 2.29. The van der Waals surface area contributed by atoms with E-state index in [4.69, 9.17) is 4.74 Å². The molecule has 0 aliphatic heterocycles. The second-order valence-electron chi connectivity index (χ2n) is 6.63. The van der Waals surface area contributed by atoms with E-state index in [1.54, 1.807) is 0 Å². The van der Waals surface area contributed by atoms with E-state index < -0.39 is 6.10 Å². The average molecular weight is 291 g/mol. The molecule has 0 spiro atoms. The van der Waals surface area contributed by atoms with Gasteiger partial charge in [-0.3, -0.25) is 4.90 Å². The standard InChI is InChI=1S/C18H29NO2/c1-13(2)21-12-18(20)11-19(17-7-8-17)10-16-6-5-14(3)9-15(16)4/h5-6,9,13,17-18,20H,7-8,10-12H2,1-4H3. The minimum atomic E-state index is -0.404. The molecule has 3 heteroatoms. The van der Waals surface area contributed by atoms with Crippen molar-refractivity contribution in [3.63, 3.8) is 0 Å². The Morgan fingerprint density at radius 3 is 2.57 bits per heavy atom. The molecule has 0 radical (unpaired) electrons. The summed E-state index contributed by atoms with van der Waals surface area (Å²) in [6.07, 6.45) is 2.28. The monoisotopic (exact) mass is 291 g/mol. The van der Waals surface area contributed by atoms with Gasteiger partial charge in [0, 0.05) is 19.1 Å². The maximum atomic E-state index is 10.2. The van der Waals surface area contributed by atoms with Crippen LogP contribution in [0.25, 0.3) is 0 Å². The summed E-state index contributed by atoms with van der Waals surface area (Å²) in [7, 11) is 0. The van der Waals surface area contributed by atoms with Crippen LogP contribution in [0, 0.1) is 13.8 Å². The first-order chi connectivity index (χ1) is 9.95. The molecule has 1 aliphatic rings.